The van der Waals surface area contributed by atoms with Gasteiger partial charge in [0.25, 0.3) is 0 Å². The van der Waals surface area contributed by atoms with Crippen LogP contribution in [0.15, 0.2) is 60.8 Å². The van der Waals surface area contributed by atoms with Crippen LogP contribution in [0.2, 0.25) is 0 Å². The monoisotopic (exact) mass is 983 g/mol. The molecule has 0 radical (unpaired) electrons. The quantitative estimate of drug-likeness (QED) is 0.0280. The smallest absolute Gasteiger partial charge is 0.362 e. The van der Waals surface area contributed by atoms with Gasteiger partial charge in [0.05, 0.1) is 34.4 Å². The van der Waals surface area contributed by atoms with E-state index < -0.39 is 18.1 Å². The van der Waals surface area contributed by atoms with E-state index >= 15 is 0 Å². The van der Waals surface area contributed by atoms with E-state index in [1.54, 1.807) is 0 Å². The highest BCUT2D eigenvalue weighted by Crippen LogP contribution is 2.17. The first kappa shape index (κ1) is 67.0. The topological polar surface area (TPSA) is 99.1 Å². The Hall–Kier alpha value is -2.97. The van der Waals surface area contributed by atoms with Crippen molar-refractivity contribution < 1.29 is 38.2 Å². The average Bonchev–Trinajstić information content (AvgIpc) is 3.33. The third-order valence-electron chi connectivity index (χ3n) is 13.2. The lowest BCUT2D eigenvalue weighted by atomic mass is 10.0. The van der Waals surface area contributed by atoms with Crippen molar-refractivity contribution in [1.29, 1.82) is 0 Å². The van der Waals surface area contributed by atoms with E-state index in [9.17, 15) is 19.5 Å². The third kappa shape index (κ3) is 50.0. The van der Waals surface area contributed by atoms with Crippen LogP contribution in [0, 0.1) is 0 Å². The molecule has 8 nitrogen and oxygen atoms in total. The van der Waals surface area contributed by atoms with Gasteiger partial charge in [-0.1, -0.05) is 248 Å². The molecule has 1 N–H and O–H groups in total. The second-order valence-corrected chi connectivity index (χ2v) is 20.9. The summed E-state index contributed by atoms with van der Waals surface area (Å²) in [6, 6.07) is -0.618. The average molecular weight is 984 g/mol. The summed E-state index contributed by atoms with van der Waals surface area (Å²) >= 11 is 0. The molecule has 2 atom stereocenters. The SMILES string of the molecule is CC/C=C/C/C=C/C/C=C/C/C=C/C/C=C/CCCCCCCCCC(=O)OCC(COCCC(C(=O)O)[N+](C)(C)C)OC(=O)CCCCCCCCCCCCCCCCCCCCCCCCC. The van der Waals surface area contributed by atoms with Gasteiger partial charge in [0, 0.05) is 19.3 Å². The van der Waals surface area contributed by atoms with Gasteiger partial charge < -0.3 is 23.8 Å². The molecule has 0 aliphatic heterocycles. The maximum Gasteiger partial charge on any atom is 0.362 e. The summed E-state index contributed by atoms with van der Waals surface area (Å²) < 4.78 is 17.4. The van der Waals surface area contributed by atoms with Crippen molar-refractivity contribution in [2.45, 2.75) is 276 Å². The second-order valence-electron chi connectivity index (χ2n) is 20.9. The van der Waals surface area contributed by atoms with Crippen molar-refractivity contribution in [1.82, 2.24) is 0 Å². The molecule has 0 aromatic rings. The fourth-order valence-corrected chi connectivity index (χ4v) is 8.71. The number of rotatable bonds is 53. The number of allylic oxidation sites excluding steroid dienone is 10. The molecule has 0 amide bonds. The Morgan fingerprint density at radius 1 is 0.443 bits per heavy atom. The predicted octanol–water partition coefficient (Wildman–Crippen LogP) is 17.7. The van der Waals surface area contributed by atoms with Gasteiger partial charge >= 0.3 is 17.9 Å². The van der Waals surface area contributed by atoms with E-state index in [1.807, 2.05) is 21.1 Å². The van der Waals surface area contributed by atoms with Crippen LogP contribution >= 0.6 is 0 Å². The lowest BCUT2D eigenvalue weighted by Gasteiger charge is -2.31. The number of esters is 2. The molecular weight excluding hydrogens is 871 g/mol. The number of aliphatic carboxylic acids is 1. The molecule has 2 unspecified atom stereocenters. The molecule has 0 aromatic carbocycles. The van der Waals surface area contributed by atoms with Crippen molar-refractivity contribution in [2.24, 2.45) is 0 Å². The van der Waals surface area contributed by atoms with Crippen LogP contribution in [0.1, 0.15) is 264 Å². The predicted molar refractivity (Wildman–Crippen MR) is 298 cm³/mol. The van der Waals surface area contributed by atoms with E-state index in [2.05, 4.69) is 74.6 Å². The first-order valence-corrected chi connectivity index (χ1v) is 29.3. The Morgan fingerprint density at radius 3 is 1.19 bits per heavy atom. The number of unbranched alkanes of at least 4 members (excludes halogenated alkanes) is 29. The van der Waals surface area contributed by atoms with Crippen molar-refractivity contribution in [3.05, 3.63) is 60.8 Å². The number of nitrogens with zero attached hydrogens (tertiary/aromatic N) is 1. The van der Waals surface area contributed by atoms with Crippen LogP contribution in [-0.4, -0.2) is 80.6 Å². The number of ether oxygens (including phenoxy) is 3. The molecule has 70 heavy (non-hydrogen) atoms. The molecule has 0 aromatic heterocycles. The summed E-state index contributed by atoms with van der Waals surface area (Å²) in [5.41, 5.74) is 0. The van der Waals surface area contributed by atoms with Gasteiger partial charge in [-0.25, -0.2) is 4.79 Å². The number of carbonyl (C=O) groups excluding carboxylic acids is 2. The van der Waals surface area contributed by atoms with Gasteiger partial charge in [-0.15, -0.1) is 0 Å². The first-order chi connectivity index (χ1) is 34.1. The zero-order valence-electron chi connectivity index (χ0n) is 46.5. The van der Waals surface area contributed by atoms with Crippen LogP contribution in [0.4, 0.5) is 0 Å². The molecule has 0 heterocycles. The van der Waals surface area contributed by atoms with E-state index in [0.29, 0.717) is 19.3 Å². The maximum absolute atomic E-state index is 12.9. The summed E-state index contributed by atoms with van der Waals surface area (Å²) in [6.07, 6.45) is 67.1. The number of likely N-dealkylation sites (N-methyl/N-ethyl adjacent to an activating group) is 1. The van der Waals surface area contributed by atoms with Gasteiger partial charge in [0.15, 0.2) is 12.1 Å². The van der Waals surface area contributed by atoms with Crippen LogP contribution in [0.3, 0.4) is 0 Å². The highest BCUT2D eigenvalue weighted by molar-refractivity contribution is 5.72. The van der Waals surface area contributed by atoms with Gasteiger partial charge in [-0.3, -0.25) is 9.59 Å². The lowest BCUT2D eigenvalue weighted by Crippen LogP contribution is -2.50. The Labute approximate surface area is 432 Å². The zero-order chi connectivity index (χ0) is 51.3. The van der Waals surface area contributed by atoms with E-state index in [-0.39, 0.29) is 36.2 Å². The number of carboxylic acids is 1. The largest absolute Gasteiger partial charge is 0.477 e. The van der Waals surface area contributed by atoms with Crippen LogP contribution in [-0.2, 0) is 28.6 Å². The molecule has 0 rings (SSSR count). The molecule has 0 saturated heterocycles. The summed E-state index contributed by atoms with van der Waals surface area (Å²) in [7, 11) is 5.54. The Balaban J connectivity index is 4.17. The number of carbonyl (C=O) groups is 3. The molecule has 8 heteroatoms. The summed E-state index contributed by atoms with van der Waals surface area (Å²) in [5.74, 6) is -1.47. The highest BCUT2D eigenvalue weighted by Gasteiger charge is 2.31. The number of hydrogen-bond acceptors (Lipinski definition) is 6. The highest BCUT2D eigenvalue weighted by atomic mass is 16.6. The van der Waals surface area contributed by atoms with Crippen LogP contribution < -0.4 is 0 Å². The zero-order valence-corrected chi connectivity index (χ0v) is 46.5. The van der Waals surface area contributed by atoms with E-state index in [1.165, 1.54) is 154 Å². The minimum atomic E-state index is -0.874. The first-order valence-electron chi connectivity index (χ1n) is 29.3. The van der Waals surface area contributed by atoms with Crippen molar-refractivity contribution in [3.63, 3.8) is 0 Å². The van der Waals surface area contributed by atoms with Gasteiger partial charge in [-0.05, 0) is 57.8 Å². The minimum Gasteiger partial charge on any atom is -0.477 e. The summed E-state index contributed by atoms with van der Waals surface area (Å²) in [6.45, 7) is 4.65. The van der Waals surface area contributed by atoms with Crippen molar-refractivity contribution >= 4 is 17.9 Å². The standard InChI is InChI=1S/C62H111NO7/c1-6-8-10-12-14-16-18-20-22-24-26-28-30-32-34-36-38-40-42-44-46-48-50-52-60(64)69-57-58(56-68-55-54-59(62(66)67)63(3,4)5)70-61(65)53-51-49-47-45-43-41-39-37-35-33-31-29-27-25-23-21-19-17-15-13-11-9-7-2/h8,10,14,16,20,22,26,28,32,34,58-59H,6-7,9,11-13,15,17-19,21,23-25,27,29-31,33,35-57H2,1-5H3/p+1/b10-8+,16-14+,22-20+,28-26+,34-32+. The molecule has 0 bridgehead atoms. The molecule has 0 fully saturated rings. The maximum atomic E-state index is 12.9. The van der Waals surface area contributed by atoms with Crippen molar-refractivity contribution in [3.8, 4) is 0 Å². The van der Waals surface area contributed by atoms with Crippen LogP contribution in [0.25, 0.3) is 0 Å². The number of quaternary nitrogens is 1. The van der Waals surface area contributed by atoms with E-state index in [0.717, 1.165) is 77.0 Å². The summed E-state index contributed by atoms with van der Waals surface area (Å²) in [4.78, 5) is 37.3. The fraction of sp³-hybridized carbons (Fsp3) is 0.790. The van der Waals surface area contributed by atoms with E-state index in [4.69, 9.17) is 14.2 Å². The Bertz CT molecular complexity index is 1330. The molecular formula is C62H112NO7+. The molecule has 406 valence electrons. The van der Waals surface area contributed by atoms with Gasteiger partial charge in [0.1, 0.15) is 6.61 Å². The minimum absolute atomic E-state index is 0.0560. The second kappa shape index (κ2) is 52.4. The van der Waals surface area contributed by atoms with Gasteiger partial charge in [0.2, 0.25) is 0 Å². The molecule has 0 spiro atoms. The van der Waals surface area contributed by atoms with Crippen molar-refractivity contribution in [2.75, 3.05) is 41.0 Å². The molecule has 0 aliphatic carbocycles. The molecule has 0 saturated carbocycles. The Morgan fingerprint density at radius 2 is 0.800 bits per heavy atom. The Kier molecular flexibility index (Phi) is 50.1. The summed E-state index contributed by atoms with van der Waals surface area (Å²) in [5, 5.41) is 9.68. The molecule has 0 aliphatic rings. The lowest BCUT2D eigenvalue weighted by molar-refractivity contribution is -0.887. The third-order valence-corrected chi connectivity index (χ3v) is 13.2. The van der Waals surface area contributed by atoms with Gasteiger partial charge in [-0.2, -0.15) is 0 Å². The number of carboxylic acid groups (broad SMARTS) is 1. The number of hydrogen-bond donors (Lipinski definition) is 1. The van der Waals surface area contributed by atoms with Crippen LogP contribution in [0.5, 0.6) is 0 Å². The fourth-order valence-electron chi connectivity index (χ4n) is 8.71. The normalized spacial score (nSPS) is 13.2.